The van der Waals surface area contributed by atoms with Gasteiger partial charge in [0.1, 0.15) is 0 Å². The Balaban J connectivity index is 2.07. The van der Waals surface area contributed by atoms with Crippen LogP contribution >= 0.6 is 0 Å². The number of carbonyl (C=O) groups is 1. The molecule has 0 fully saturated rings. The van der Waals surface area contributed by atoms with Gasteiger partial charge >= 0.3 is 0 Å². The zero-order valence-electron chi connectivity index (χ0n) is 15.4. The zero-order valence-corrected chi connectivity index (χ0v) is 16.2. The van der Waals surface area contributed by atoms with Gasteiger partial charge in [0.25, 0.3) is 15.9 Å². The molecule has 142 valence electrons. The molecule has 0 saturated carbocycles. The minimum Gasteiger partial charge on any atom is -0.271 e. The number of aryl methyl sites for hydroxylation is 1. The summed E-state index contributed by atoms with van der Waals surface area (Å²) in [4.78, 5) is 13.0. The highest BCUT2D eigenvalue weighted by atomic mass is 32.2. The van der Waals surface area contributed by atoms with Crippen LogP contribution in [0.15, 0.2) is 101 Å². The van der Waals surface area contributed by atoms with Crippen molar-refractivity contribution >= 4 is 15.9 Å². The van der Waals surface area contributed by atoms with E-state index in [2.05, 4.69) is 5.10 Å². The lowest BCUT2D eigenvalue weighted by Gasteiger charge is -2.17. The van der Waals surface area contributed by atoms with Gasteiger partial charge in [-0.05, 0) is 36.8 Å². The van der Waals surface area contributed by atoms with Gasteiger partial charge in [0.2, 0.25) is 0 Å². The second kappa shape index (κ2) is 8.63. The predicted octanol–water partition coefficient (Wildman–Crippen LogP) is 3.27. The smallest absolute Gasteiger partial charge is 0.271 e. The summed E-state index contributed by atoms with van der Waals surface area (Å²) in [5.74, 6) is -0.627. The second-order valence-corrected chi connectivity index (χ2v) is 8.01. The minimum absolute atomic E-state index is 0.0172. The van der Waals surface area contributed by atoms with Crippen LogP contribution < -0.4 is 5.36 Å². The number of benzene rings is 2. The summed E-state index contributed by atoms with van der Waals surface area (Å²) in [6.45, 7) is 1.86. The highest BCUT2D eigenvalue weighted by Crippen LogP contribution is 2.18. The molecule has 0 aliphatic heterocycles. The summed E-state index contributed by atoms with van der Waals surface area (Å²) in [6, 6.07) is 25.7. The lowest BCUT2D eigenvalue weighted by Crippen LogP contribution is -2.35. The van der Waals surface area contributed by atoms with Crippen LogP contribution in [0.4, 0.5) is 0 Å². The van der Waals surface area contributed by atoms with Crippen LogP contribution in [-0.2, 0) is 21.2 Å². The van der Waals surface area contributed by atoms with E-state index >= 15 is 0 Å². The molecule has 0 saturated heterocycles. The van der Waals surface area contributed by atoms with E-state index in [-0.39, 0.29) is 11.3 Å². The molecule has 0 heterocycles. The Hall–Kier alpha value is -3.25. The summed E-state index contributed by atoms with van der Waals surface area (Å²) in [6.07, 6.45) is -0.0750. The highest BCUT2D eigenvalue weighted by molar-refractivity contribution is 7.89. The Morgan fingerprint density at radius 1 is 0.821 bits per heavy atom. The molecule has 0 aromatic heterocycles. The van der Waals surface area contributed by atoms with Crippen LogP contribution in [0.2, 0.25) is 0 Å². The topological polar surface area (TPSA) is 66.8 Å². The first-order chi connectivity index (χ1) is 13.5. The van der Waals surface area contributed by atoms with E-state index < -0.39 is 15.9 Å². The van der Waals surface area contributed by atoms with Crippen molar-refractivity contribution in [2.24, 2.45) is 5.10 Å². The van der Waals surface area contributed by atoms with E-state index in [1.807, 2.05) is 13.0 Å². The quantitative estimate of drug-likeness (QED) is 0.626. The fourth-order valence-electron chi connectivity index (χ4n) is 2.56. The number of sulfonamides is 1. The van der Waals surface area contributed by atoms with Crippen molar-refractivity contribution < 1.29 is 13.2 Å². The fourth-order valence-corrected chi connectivity index (χ4v) is 3.77. The number of hydrogen-bond acceptors (Lipinski definition) is 4. The molecule has 0 aliphatic carbocycles. The molecular formula is C22H20N2O3S. The third-order valence-electron chi connectivity index (χ3n) is 4.03. The maximum absolute atomic E-state index is 13.2. The summed E-state index contributed by atoms with van der Waals surface area (Å²) in [5.41, 5.74) is 1.64. The first-order valence-electron chi connectivity index (χ1n) is 8.75. The predicted molar refractivity (Wildman–Crippen MR) is 107 cm³/mol. The number of carbonyl (C=O) groups excluding carboxylic acids is 1. The van der Waals surface area contributed by atoms with Gasteiger partial charge in [-0.2, -0.15) is 13.5 Å². The molecule has 3 aromatic rings. The molecule has 6 heteroatoms. The monoisotopic (exact) mass is 392 g/mol. The molecule has 0 aliphatic rings. The Bertz CT molecular complexity index is 1100. The van der Waals surface area contributed by atoms with Gasteiger partial charge in [-0.3, -0.25) is 4.79 Å². The molecule has 0 radical (unpaired) electrons. The van der Waals surface area contributed by atoms with Crippen molar-refractivity contribution in [3.05, 3.63) is 107 Å². The van der Waals surface area contributed by atoms with E-state index in [9.17, 15) is 13.2 Å². The van der Waals surface area contributed by atoms with Crippen molar-refractivity contribution in [3.63, 3.8) is 0 Å². The molecule has 0 spiro atoms. The third-order valence-corrected chi connectivity index (χ3v) is 5.64. The summed E-state index contributed by atoms with van der Waals surface area (Å²) in [5, 5.41) is 4.52. The van der Waals surface area contributed by atoms with Gasteiger partial charge in [-0.25, -0.2) is 0 Å². The highest BCUT2D eigenvalue weighted by Gasteiger charge is 2.29. The van der Waals surface area contributed by atoms with Gasteiger partial charge in [-0.15, -0.1) is 4.41 Å². The van der Waals surface area contributed by atoms with Gasteiger partial charge in [0, 0.05) is 0 Å². The molecule has 28 heavy (non-hydrogen) atoms. The first kappa shape index (κ1) is 19.5. The number of nitrogens with zero attached hydrogens (tertiary/aromatic N) is 2. The molecule has 1 amide bonds. The van der Waals surface area contributed by atoms with Gasteiger partial charge in [0.05, 0.1) is 16.7 Å². The first-order valence-corrected chi connectivity index (χ1v) is 10.2. The van der Waals surface area contributed by atoms with Crippen LogP contribution in [-0.4, -0.2) is 18.7 Å². The lowest BCUT2D eigenvalue weighted by molar-refractivity contribution is -0.126. The van der Waals surface area contributed by atoms with Crippen LogP contribution in [0, 0.1) is 6.92 Å². The van der Waals surface area contributed by atoms with Crippen molar-refractivity contribution in [1.29, 1.82) is 0 Å². The molecule has 3 aromatic carbocycles. The maximum atomic E-state index is 13.2. The Kier molecular flexibility index (Phi) is 6.01. The van der Waals surface area contributed by atoms with Gasteiger partial charge < -0.3 is 0 Å². The van der Waals surface area contributed by atoms with Crippen molar-refractivity contribution in [3.8, 4) is 0 Å². The average Bonchev–Trinajstić information content (AvgIpc) is 2.96. The average molecular weight is 392 g/mol. The van der Waals surface area contributed by atoms with Crippen molar-refractivity contribution in [2.45, 2.75) is 18.2 Å². The largest absolute Gasteiger partial charge is 0.286 e. The molecule has 0 unspecified atom stereocenters. The molecule has 3 rings (SSSR count). The standard InChI is InChI=1S/C22H20N2O3S/c1-18-13-15-21(16-14-18)28(26,27)24(23-20-11-7-2-3-8-12-20)22(25)17-19-9-5-4-6-10-19/h2-16H,17H2,1H3. The number of hydrogen-bond donors (Lipinski definition) is 0. The van der Waals surface area contributed by atoms with Crippen LogP contribution in [0.1, 0.15) is 11.1 Å². The van der Waals surface area contributed by atoms with Crippen molar-refractivity contribution in [1.82, 2.24) is 4.41 Å². The maximum Gasteiger partial charge on any atom is 0.286 e. The van der Waals surface area contributed by atoms with E-state index in [1.165, 1.54) is 12.1 Å². The molecule has 0 atom stereocenters. The molecule has 5 nitrogen and oxygen atoms in total. The van der Waals surface area contributed by atoms with E-state index in [0.29, 0.717) is 15.3 Å². The van der Waals surface area contributed by atoms with Crippen LogP contribution in [0.25, 0.3) is 0 Å². The van der Waals surface area contributed by atoms with Gasteiger partial charge in [-0.1, -0.05) is 72.3 Å². The van der Waals surface area contributed by atoms with E-state index in [0.717, 1.165) is 5.56 Å². The molecule has 0 N–H and O–H groups in total. The Labute approximate surface area is 164 Å². The number of amides is 1. The SMILES string of the molecule is Cc1ccc(S(=O)(=O)N(N=c2cccccc2)C(=O)Cc2ccccc2)cc1. The number of rotatable bonds is 5. The second-order valence-electron chi connectivity index (χ2n) is 6.25. The van der Waals surface area contributed by atoms with Crippen LogP contribution in [0.5, 0.6) is 0 Å². The van der Waals surface area contributed by atoms with E-state index in [1.54, 1.807) is 72.8 Å². The summed E-state index contributed by atoms with van der Waals surface area (Å²) >= 11 is 0. The zero-order chi connectivity index (χ0) is 20.0. The summed E-state index contributed by atoms with van der Waals surface area (Å²) in [7, 11) is -4.14. The van der Waals surface area contributed by atoms with Crippen LogP contribution in [0.3, 0.4) is 0 Å². The molecule has 0 bridgehead atoms. The third kappa shape index (κ3) is 4.72. The van der Waals surface area contributed by atoms with E-state index in [4.69, 9.17) is 0 Å². The van der Waals surface area contributed by atoms with Gasteiger partial charge in [0.15, 0.2) is 0 Å². The lowest BCUT2D eigenvalue weighted by atomic mass is 10.1. The Morgan fingerprint density at radius 3 is 1.96 bits per heavy atom. The summed E-state index contributed by atoms with van der Waals surface area (Å²) < 4.78 is 26.9. The normalized spacial score (nSPS) is 10.9. The minimum atomic E-state index is -4.14. The van der Waals surface area contributed by atoms with Crippen molar-refractivity contribution in [2.75, 3.05) is 0 Å². The molecular weight excluding hydrogens is 372 g/mol. The fraction of sp³-hybridized carbons (Fsp3) is 0.0909. The Morgan fingerprint density at radius 2 is 1.36 bits per heavy atom.